The van der Waals surface area contributed by atoms with E-state index in [0.717, 1.165) is 0 Å². The molecule has 0 bridgehead atoms. The van der Waals surface area contributed by atoms with Crippen LogP contribution < -0.4 is 16.4 Å². The first-order chi connectivity index (χ1) is 12.9. The van der Waals surface area contributed by atoms with Gasteiger partial charge in [-0.1, -0.05) is 31.1 Å². The quantitative estimate of drug-likeness (QED) is 0.595. The summed E-state index contributed by atoms with van der Waals surface area (Å²) in [5.74, 6) is -0.895. The average molecular weight is 387 g/mol. The third-order valence-corrected chi connectivity index (χ3v) is 4.31. The van der Waals surface area contributed by atoms with Gasteiger partial charge in [0.2, 0.25) is 11.8 Å². The molecular formula is C17H17N5O4S. The van der Waals surface area contributed by atoms with Gasteiger partial charge in [-0.3, -0.25) is 19.1 Å². The van der Waals surface area contributed by atoms with Crippen LogP contribution >= 0.6 is 11.3 Å². The molecule has 0 aliphatic rings. The number of carbonyl (C=O) groups excluding carboxylic acids is 2. The summed E-state index contributed by atoms with van der Waals surface area (Å²) >= 11 is 1.27. The van der Waals surface area contributed by atoms with Crippen molar-refractivity contribution in [2.24, 2.45) is 5.92 Å². The topological polar surface area (TPSA) is 130 Å². The Kier molecular flexibility index (Phi) is 5.46. The number of rotatable bonds is 6. The zero-order chi connectivity index (χ0) is 19.4. The van der Waals surface area contributed by atoms with Gasteiger partial charge in [-0.2, -0.15) is 0 Å². The summed E-state index contributed by atoms with van der Waals surface area (Å²) in [6.45, 7) is 3.58. The number of amides is 2. The Morgan fingerprint density at radius 1 is 1.30 bits per heavy atom. The lowest BCUT2D eigenvalue weighted by Gasteiger charge is -2.05. The molecule has 0 spiro atoms. The van der Waals surface area contributed by atoms with E-state index in [2.05, 4.69) is 30.3 Å². The molecule has 140 valence electrons. The highest BCUT2D eigenvalue weighted by molar-refractivity contribution is 7.13. The average Bonchev–Trinajstić information content (AvgIpc) is 3.24. The second-order valence-corrected chi connectivity index (χ2v) is 6.90. The van der Waals surface area contributed by atoms with Gasteiger partial charge in [0, 0.05) is 22.5 Å². The van der Waals surface area contributed by atoms with Crippen LogP contribution in [-0.2, 0) is 16.0 Å². The number of carbonyl (C=O) groups is 2. The van der Waals surface area contributed by atoms with E-state index in [1.165, 1.54) is 11.3 Å². The Morgan fingerprint density at radius 2 is 2.11 bits per heavy atom. The number of benzene rings is 1. The highest BCUT2D eigenvalue weighted by atomic mass is 32.1. The summed E-state index contributed by atoms with van der Waals surface area (Å²) in [6, 6.07) is 6.84. The standard InChI is InChI=1S/C17H17N5O4S/c1-9(2)15(24)21-16-19-12(8-27-16)7-13(23)18-11-5-3-4-10(6-11)14-20-17(25)26-22-14/h3-6,8-9H,7H2,1-2H3,(H,18,23)(H,19,21,24)(H,20,22,25). The van der Waals surface area contributed by atoms with Crippen molar-refractivity contribution in [2.75, 3.05) is 10.6 Å². The fraction of sp³-hybridized carbons (Fsp3) is 0.235. The van der Waals surface area contributed by atoms with Crippen LogP contribution in [0.5, 0.6) is 0 Å². The normalized spacial score (nSPS) is 10.8. The van der Waals surface area contributed by atoms with E-state index in [0.29, 0.717) is 22.1 Å². The van der Waals surface area contributed by atoms with Crippen LogP contribution in [0, 0.1) is 5.92 Å². The molecule has 0 saturated carbocycles. The first-order valence-electron chi connectivity index (χ1n) is 8.12. The van der Waals surface area contributed by atoms with Crippen molar-refractivity contribution >= 4 is 34.0 Å². The van der Waals surface area contributed by atoms with Crippen LogP contribution in [0.4, 0.5) is 10.8 Å². The lowest BCUT2D eigenvalue weighted by atomic mass is 10.2. The number of H-pyrrole nitrogens is 1. The molecule has 0 atom stereocenters. The second-order valence-electron chi connectivity index (χ2n) is 6.04. The largest absolute Gasteiger partial charge is 0.439 e. The molecule has 3 rings (SSSR count). The molecule has 3 aromatic rings. The van der Waals surface area contributed by atoms with Crippen molar-refractivity contribution in [1.82, 2.24) is 15.1 Å². The predicted octanol–water partition coefficient (Wildman–Crippen LogP) is 2.26. The Hall–Kier alpha value is -3.27. The summed E-state index contributed by atoms with van der Waals surface area (Å²) in [5, 5.41) is 11.3. The maximum absolute atomic E-state index is 12.2. The number of hydrogen-bond donors (Lipinski definition) is 3. The maximum Gasteiger partial charge on any atom is 0.439 e. The number of aromatic nitrogens is 3. The number of anilines is 2. The van der Waals surface area contributed by atoms with Crippen LogP contribution in [0.3, 0.4) is 0 Å². The predicted molar refractivity (Wildman–Crippen MR) is 100 cm³/mol. The minimum absolute atomic E-state index is 0.0685. The van der Waals surface area contributed by atoms with E-state index < -0.39 is 5.76 Å². The molecule has 3 N–H and O–H groups in total. The van der Waals surface area contributed by atoms with Crippen molar-refractivity contribution in [3.8, 4) is 11.4 Å². The van der Waals surface area contributed by atoms with Gasteiger partial charge >= 0.3 is 5.76 Å². The minimum atomic E-state index is -0.650. The molecule has 2 aromatic heterocycles. The van der Waals surface area contributed by atoms with Crippen LogP contribution in [-0.4, -0.2) is 26.9 Å². The maximum atomic E-state index is 12.2. The Bertz CT molecular complexity index is 1020. The number of hydrogen-bond acceptors (Lipinski definition) is 7. The second kappa shape index (κ2) is 7.96. The Labute approximate surface area is 157 Å². The first-order valence-corrected chi connectivity index (χ1v) is 9.00. The highest BCUT2D eigenvalue weighted by Gasteiger charge is 2.12. The van der Waals surface area contributed by atoms with Gasteiger partial charge in [-0.15, -0.1) is 11.3 Å². The van der Waals surface area contributed by atoms with Crippen LogP contribution in [0.2, 0.25) is 0 Å². The lowest BCUT2D eigenvalue weighted by molar-refractivity contribution is -0.119. The van der Waals surface area contributed by atoms with Crippen molar-refractivity contribution in [2.45, 2.75) is 20.3 Å². The van der Waals surface area contributed by atoms with Crippen molar-refractivity contribution in [1.29, 1.82) is 0 Å². The summed E-state index contributed by atoms with van der Waals surface area (Å²) in [6.07, 6.45) is 0.0685. The fourth-order valence-corrected chi connectivity index (χ4v) is 2.88. The van der Waals surface area contributed by atoms with E-state index in [1.807, 2.05) is 0 Å². The van der Waals surface area contributed by atoms with E-state index in [1.54, 1.807) is 43.5 Å². The number of nitrogens with one attached hydrogen (secondary N) is 3. The third kappa shape index (κ3) is 4.88. The van der Waals surface area contributed by atoms with Gasteiger partial charge in [-0.25, -0.2) is 9.78 Å². The first kappa shape index (κ1) is 18.5. The van der Waals surface area contributed by atoms with Crippen LogP contribution in [0.15, 0.2) is 39.0 Å². The molecule has 0 radical (unpaired) electrons. The van der Waals surface area contributed by atoms with Gasteiger partial charge in [0.15, 0.2) is 11.0 Å². The summed E-state index contributed by atoms with van der Waals surface area (Å²) in [4.78, 5) is 41.7. The molecular weight excluding hydrogens is 370 g/mol. The van der Waals surface area contributed by atoms with Crippen LogP contribution in [0.25, 0.3) is 11.4 Å². The monoisotopic (exact) mass is 387 g/mol. The van der Waals surface area contributed by atoms with Crippen LogP contribution in [0.1, 0.15) is 19.5 Å². The fourth-order valence-electron chi connectivity index (χ4n) is 2.16. The third-order valence-electron chi connectivity index (χ3n) is 3.51. The zero-order valence-electron chi connectivity index (χ0n) is 14.6. The van der Waals surface area contributed by atoms with E-state index in [-0.39, 0.29) is 30.0 Å². The molecule has 9 nitrogen and oxygen atoms in total. The van der Waals surface area contributed by atoms with Crippen molar-refractivity contribution in [3.05, 3.63) is 45.9 Å². The SMILES string of the molecule is CC(C)C(=O)Nc1nc(CC(=O)Nc2cccc(-c3noc(=O)[nH]3)c2)cs1. The molecule has 0 saturated heterocycles. The minimum Gasteiger partial charge on any atom is -0.326 e. The molecule has 0 aliphatic carbocycles. The molecule has 27 heavy (non-hydrogen) atoms. The lowest BCUT2D eigenvalue weighted by Crippen LogP contribution is -2.18. The molecule has 0 fully saturated rings. The summed E-state index contributed by atoms with van der Waals surface area (Å²) in [5.41, 5.74) is 1.71. The molecule has 0 aliphatic heterocycles. The molecule has 2 heterocycles. The van der Waals surface area contributed by atoms with Gasteiger partial charge < -0.3 is 10.6 Å². The molecule has 1 aromatic carbocycles. The molecule has 0 unspecified atom stereocenters. The number of aromatic amines is 1. The Balaban J connectivity index is 1.62. The van der Waals surface area contributed by atoms with E-state index >= 15 is 0 Å². The van der Waals surface area contributed by atoms with E-state index in [4.69, 9.17) is 0 Å². The smallest absolute Gasteiger partial charge is 0.326 e. The van der Waals surface area contributed by atoms with Gasteiger partial charge in [0.1, 0.15) is 0 Å². The van der Waals surface area contributed by atoms with Gasteiger partial charge in [0.25, 0.3) is 0 Å². The highest BCUT2D eigenvalue weighted by Crippen LogP contribution is 2.20. The zero-order valence-corrected chi connectivity index (χ0v) is 15.4. The molecule has 2 amide bonds. The Morgan fingerprint density at radius 3 is 2.81 bits per heavy atom. The summed E-state index contributed by atoms with van der Waals surface area (Å²) < 4.78 is 4.48. The number of thiazole rings is 1. The van der Waals surface area contributed by atoms with Gasteiger partial charge in [0.05, 0.1) is 12.1 Å². The van der Waals surface area contributed by atoms with E-state index in [9.17, 15) is 14.4 Å². The summed E-state index contributed by atoms with van der Waals surface area (Å²) in [7, 11) is 0. The van der Waals surface area contributed by atoms with Crippen molar-refractivity contribution < 1.29 is 14.1 Å². The van der Waals surface area contributed by atoms with Gasteiger partial charge in [-0.05, 0) is 12.1 Å². The molecule has 10 heteroatoms. The van der Waals surface area contributed by atoms with Crippen molar-refractivity contribution in [3.63, 3.8) is 0 Å². The number of nitrogens with zero attached hydrogens (tertiary/aromatic N) is 2.